The summed E-state index contributed by atoms with van der Waals surface area (Å²) in [5, 5.41) is 11.3. The number of carbonyl (C=O) groups excluding carboxylic acids is 3. The quantitative estimate of drug-likeness (QED) is 0.395. The summed E-state index contributed by atoms with van der Waals surface area (Å²) in [4.78, 5) is 37.5. The Kier molecular flexibility index (Phi) is 5.76. The van der Waals surface area contributed by atoms with E-state index in [1.807, 2.05) is 13.0 Å². The van der Waals surface area contributed by atoms with Gasteiger partial charge in [0.25, 0.3) is 0 Å². The summed E-state index contributed by atoms with van der Waals surface area (Å²) < 4.78 is 5.20. The van der Waals surface area contributed by atoms with Crippen LogP contribution in [-0.4, -0.2) is 35.0 Å². The van der Waals surface area contributed by atoms with Crippen molar-refractivity contribution in [2.24, 2.45) is 40.2 Å². The van der Waals surface area contributed by atoms with Crippen molar-refractivity contribution in [2.45, 2.75) is 78.0 Å². The van der Waals surface area contributed by atoms with E-state index < -0.39 is 35.4 Å². The molecule has 2 unspecified atom stereocenters. The van der Waals surface area contributed by atoms with Gasteiger partial charge in [-0.1, -0.05) is 38.8 Å². The molecule has 6 nitrogen and oxygen atoms in total. The molecule has 8 atom stereocenters. The fourth-order valence-electron chi connectivity index (χ4n) is 7.44. The zero-order valence-electron chi connectivity index (χ0n) is 18.8. The average Bonchev–Trinajstić information content (AvgIpc) is 3.04. The summed E-state index contributed by atoms with van der Waals surface area (Å²) in [5.74, 6) is -1.21. The summed E-state index contributed by atoms with van der Waals surface area (Å²) in [6.07, 6.45) is 9.03. The molecule has 0 aliphatic heterocycles. The average molecular weight is 430 g/mol. The molecule has 0 radical (unpaired) electrons. The Morgan fingerprint density at radius 2 is 2.03 bits per heavy atom. The molecule has 3 N–H and O–H groups in total. The number of nitrogens with two attached hydrogens (primary N) is 1. The Hall–Kier alpha value is -1.79. The van der Waals surface area contributed by atoms with Crippen molar-refractivity contribution in [1.29, 1.82) is 0 Å². The number of aliphatic hydroxyl groups is 1. The molecule has 0 aromatic carbocycles. The molecule has 0 amide bonds. The highest BCUT2D eigenvalue weighted by molar-refractivity contribution is 6.34. The van der Waals surface area contributed by atoms with Crippen LogP contribution in [0.1, 0.15) is 65.7 Å². The Labute approximate surface area is 184 Å². The predicted octanol–water partition coefficient (Wildman–Crippen LogP) is 3.08. The van der Waals surface area contributed by atoms with E-state index in [0.29, 0.717) is 19.3 Å². The van der Waals surface area contributed by atoms with Crippen LogP contribution in [-0.2, 0) is 19.1 Å². The zero-order chi connectivity index (χ0) is 22.6. The van der Waals surface area contributed by atoms with Gasteiger partial charge in [-0.2, -0.15) is 0 Å². The molecule has 0 aromatic rings. The molecule has 4 rings (SSSR count). The van der Waals surface area contributed by atoms with Gasteiger partial charge in [-0.3, -0.25) is 15.3 Å². The summed E-state index contributed by atoms with van der Waals surface area (Å²) in [6.45, 7) is 6.15. The number of rotatable bonds is 5. The van der Waals surface area contributed by atoms with Crippen LogP contribution in [0.25, 0.3) is 0 Å². The highest BCUT2D eigenvalue weighted by atomic mass is 16.6. The van der Waals surface area contributed by atoms with Gasteiger partial charge in [0.05, 0.1) is 6.10 Å². The maximum absolute atomic E-state index is 13.1. The van der Waals surface area contributed by atoms with Crippen LogP contribution in [0.15, 0.2) is 23.8 Å². The first-order valence-electron chi connectivity index (χ1n) is 11.7. The number of esters is 1. The van der Waals surface area contributed by atoms with Crippen molar-refractivity contribution >= 4 is 17.5 Å². The van der Waals surface area contributed by atoms with E-state index in [2.05, 4.69) is 13.8 Å². The first kappa shape index (κ1) is 22.4. The number of carbonyl (C=O) groups is 3. The van der Waals surface area contributed by atoms with E-state index in [1.54, 1.807) is 12.2 Å². The van der Waals surface area contributed by atoms with Gasteiger partial charge in [0, 0.05) is 17.3 Å². The van der Waals surface area contributed by atoms with E-state index >= 15 is 0 Å². The smallest absolute Gasteiger partial charge is 0.376 e. The number of ketones is 2. The van der Waals surface area contributed by atoms with Crippen LogP contribution >= 0.6 is 0 Å². The Balaban J connectivity index is 1.57. The number of hydrogen-bond acceptors (Lipinski definition) is 6. The minimum absolute atomic E-state index is 0.0207. The standard InChI is InChI=1S/C25H35NO5/c1-4-5-20(26)31-23(30)22(29)18-9-8-17-16-7-6-14-12-15(27)10-11-24(14,2)21(16)19(28)13-25(17,18)3/h10-12,16-21,28H,4-9,13,26H2,1-3H3/t16-,17-,18+,19?,20?,21+,24-,25-/m0/s1. The van der Waals surface area contributed by atoms with Gasteiger partial charge in [0.2, 0.25) is 5.78 Å². The van der Waals surface area contributed by atoms with Crippen molar-refractivity contribution < 1.29 is 24.2 Å². The highest BCUT2D eigenvalue weighted by Crippen LogP contribution is 2.66. The molecule has 4 aliphatic rings. The predicted molar refractivity (Wildman–Crippen MR) is 115 cm³/mol. The Bertz CT molecular complexity index is 847. The maximum atomic E-state index is 13.1. The van der Waals surface area contributed by atoms with Gasteiger partial charge in [0.15, 0.2) is 12.0 Å². The Morgan fingerprint density at radius 1 is 1.29 bits per heavy atom. The van der Waals surface area contributed by atoms with Crippen LogP contribution in [0.4, 0.5) is 0 Å². The molecule has 0 heterocycles. The third-order valence-electron chi connectivity index (χ3n) is 8.84. The minimum Gasteiger partial charge on any atom is -0.441 e. The molecule has 3 saturated carbocycles. The van der Waals surface area contributed by atoms with Crippen molar-refractivity contribution in [1.82, 2.24) is 0 Å². The second-order valence-electron chi connectivity index (χ2n) is 10.5. The van der Waals surface area contributed by atoms with Crippen molar-refractivity contribution in [3.05, 3.63) is 23.8 Å². The lowest BCUT2D eigenvalue weighted by atomic mass is 9.46. The highest BCUT2D eigenvalue weighted by Gasteiger charge is 2.63. The second kappa shape index (κ2) is 7.96. The van der Waals surface area contributed by atoms with Gasteiger partial charge in [-0.15, -0.1) is 0 Å². The fraction of sp³-hybridized carbons (Fsp3) is 0.720. The normalized spacial score (nSPS) is 42.2. The van der Waals surface area contributed by atoms with Crippen LogP contribution in [0.2, 0.25) is 0 Å². The van der Waals surface area contributed by atoms with Gasteiger partial charge >= 0.3 is 5.97 Å². The third kappa shape index (κ3) is 3.52. The number of fused-ring (bicyclic) bond motifs is 5. The minimum atomic E-state index is -0.834. The lowest BCUT2D eigenvalue weighted by Crippen LogP contribution is -2.56. The van der Waals surface area contributed by atoms with Crippen LogP contribution < -0.4 is 5.73 Å². The molecule has 3 fully saturated rings. The number of Topliss-reactive ketones (excluding diaryl/α,β-unsaturated/α-hetero) is 1. The van der Waals surface area contributed by atoms with Crippen molar-refractivity contribution in [3.8, 4) is 0 Å². The summed E-state index contributed by atoms with van der Waals surface area (Å²) in [5.41, 5.74) is 6.16. The molecular weight excluding hydrogens is 394 g/mol. The zero-order valence-corrected chi connectivity index (χ0v) is 18.8. The molecule has 4 aliphatic carbocycles. The molecule has 31 heavy (non-hydrogen) atoms. The first-order chi connectivity index (χ1) is 14.6. The van der Waals surface area contributed by atoms with E-state index in [9.17, 15) is 19.5 Å². The largest absolute Gasteiger partial charge is 0.441 e. The second-order valence-corrected chi connectivity index (χ2v) is 10.5. The van der Waals surface area contributed by atoms with Crippen LogP contribution in [0.3, 0.4) is 0 Å². The molecule has 6 heteroatoms. The summed E-state index contributed by atoms with van der Waals surface area (Å²) in [6, 6.07) is 0. The molecule has 0 aromatic heterocycles. The lowest BCUT2D eigenvalue weighted by molar-refractivity contribution is -0.164. The van der Waals surface area contributed by atoms with E-state index in [0.717, 1.165) is 31.3 Å². The Morgan fingerprint density at radius 3 is 2.74 bits per heavy atom. The number of ether oxygens (including phenoxy) is 1. The maximum Gasteiger partial charge on any atom is 0.376 e. The van der Waals surface area contributed by atoms with Gasteiger partial charge < -0.3 is 9.84 Å². The number of aliphatic hydroxyl groups excluding tert-OH is 1. The monoisotopic (exact) mass is 429 g/mol. The molecule has 170 valence electrons. The summed E-state index contributed by atoms with van der Waals surface area (Å²) >= 11 is 0. The molecule has 0 spiro atoms. The molecule has 0 bridgehead atoms. The topological polar surface area (TPSA) is 107 Å². The number of hydrogen-bond donors (Lipinski definition) is 2. The van der Waals surface area contributed by atoms with Crippen LogP contribution in [0.5, 0.6) is 0 Å². The first-order valence-corrected chi connectivity index (χ1v) is 11.7. The van der Waals surface area contributed by atoms with Gasteiger partial charge in [0.1, 0.15) is 0 Å². The SMILES string of the molecule is CCCC(N)OC(=O)C(=O)[C@H]1CC[C@H]2[C@@H]3CCC4=CC(=O)C=C[C@]4(C)[C@H]3C(O)C[C@]12C. The third-order valence-corrected chi connectivity index (χ3v) is 8.84. The number of allylic oxidation sites excluding steroid dienone is 4. The fourth-order valence-corrected chi connectivity index (χ4v) is 7.44. The van der Waals surface area contributed by atoms with E-state index in [1.165, 1.54) is 0 Å². The van der Waals surface area contributed by atoms with Crippen molar-refractivity contribution in [3.63, 3.8) is 0 Å². The van der Waals surface area contributed by atoms with E-state index in [-0.39, 0.29) is 29.0 Å². The lowest BCUT2D eigenvalue weighted by Gasteiger charge is -2.58. The molecular formula is C25H35NO5. The van der Waals surface area contributed by atoms with Gasteiger partial charge in [-0.05, 0) is 67.9 Å². The van der Waals surface area contributed by atoms with Crippen molar-refractivity contribution in [2.75, 3.05) is 0 Å². The van der Waals surface area contributed by atoms with Crippen LogP contribution in [0, 0.1) is 34.5 Å². The molecule has 0 saturated heterocycles. The van der Waals surface area contributed by atoms with Gasteiger partial charge in [-0.25, -0.2) is 4.79 Å². The van der Waals surface area contributed by atoms with E-state index in [4.69, 9.17) is 10.5 Å². The summed E-state index contributed by atoms with van der Waals surface area (Å²) in [7, 11) is 0.